The van der Waals surface area contributed by atoms with Gasteiger partial charge in [0.05, 0.1) is 10.6 Å². The van der Waals surface area contributed by atoms with E-state index in [0.29, 0.717) is 4.58 Å². The van der Waals surface area contributed by atoms with Crippen LogP contribution < -0.4 is 5.32 Å². The van der Waals surface area contributed by atoms with E-state index in [1.807, 2.05) is 40.6 Å². The maximum atomic E-state index is 12.9. The molecular formula is C21H24N2OS2. The van der Waals surface area contributed by atoms with Gasteiger partial charge in [0.1, 0.15) is 0 Å². The number of hydrogen-bond acceptors (Lipinski definition) is 3. The van der Waals surface area contributed by atoms with Crippen LogP contribution in [-0.2, 0) is 0 Å². The van der Waals surface area contributed by atoms with Crippen LogP contribution in [0.25, 0.3) is 0 Å². The summed E-state index contributed by atoms with van der Waals surface area (Å²) in [5.74, 6) is 2.41. The average molecular weight is 385 g/mol. The fraction of sp³-hybridized carbons (Fsp3) is 0.381. The van der Waals surface area contributed by atoms with Crippen molar-refractivity contribution in [2.45, 2.75) is 30.4 Å². The first-order chi connectivity index (χ1) is 12.7. The number of nitrogens with one attached hydrogen (secondary N) is 1. The van der Waals surface area contributed by atoms with Gasteiger partial charge in [0, 0.05) is 23.7 Å². The lowest BCUT2D eigenvalue weighted by Gasteiger charge is -2.26. The average Bonchev–Trinajstić information content (AvgIpc) is 3.34. The molecule has 1 N–H and O–H groups in total. The van der Waals surface area contributed by atoms with E-state index >= 15 is 0 Å². The van der Waals surface area contributed by atoms with Crippen molar-refractivity contribution in [3.05, 3.63) is 65.2 Å². The molecule has 0 aliphatic carbocycles. The number of amides is 2. The molecule has 0 aromatic heterocycles. The normalized spacial score (nSPS) is 20.5. The van der Waals surface area contributed by atoms with Gasteiger partial charge in [-0.1, -0.05) is 36.4 Å². The number of urea groups is 1. The Morgan fingerprint density at radius 1 is 1.12 bits per heavy atom. The fourth-order valence-corrected chi connectivity index (χ4v) is 6.64. The van der Waals surface area contributed by atoms with E-state index < -0.39 is 0 Å². The number of nitrogens with zero attached hydrogens (tertiary/aromatic N) is 1. The van der Waals surface area contributed by atoms with Crippen LogP contribution in [0.3, 0.4) is 0 Å². The minimum Gasteiger partial charge on any atom is -0.317 e. The topological polar surface area (TPSA) is 32.3 Å². The summed E-state index contributed by atoms with van der Waals surface area (Å²) >= 11 is 3.97. The minimum atomic E-state index is 0.0135. The molecule has 2 aliphatic heterocycles. The highest BCUT2D eigenvalue weighted by Gasteiger charge is 2.31. The van der Waals surface area contributed by atoms with Crippen molar-refractivity contribution in [1.29, 1.82) is 0 Å². The molecule has 0 spiro atoms. The van der Waals surface area contributed by atoms with Gasteiger partial charge < -0.3 is 10.2 Å². The van der Waals surface area contributed by atoms with Crippen LogP contribution in [-0.4, -0.2) is 29.0 Å². The molecular weight excluding hydrogens is 360 g/mol. The van der Waals surface area contributed by atoms with Gasteiger partial charge in [0.15, 0.2) is 0 Å². The molecule has 4 rings (SSSR count). The molecule has 0 saturated carbocycles. The van der Waals surface area contributed by atoms with Crippen LogP contribution in [0.2, 0.25) is 0 Å². The molecule has 1 unspecified atom stereocenters. The third-order valence-electron chi connectivity index (χ3n) is 5.09. The van der Waals surface area contributed by atoms with Crippen LogP contribution in [0, 0.1) is 6.92 Å². The Morgan fingerprint density at radius 2 is 1.92 bits per heavy atom. The van der Waals surface area contributed by atoms with Crippen molar-refractivity contribution in [3.8, 4) is 0 Å². The summed E-state index contributed by atoms with van der Waals surface area (Å²) in [4.78, 5) is 14.9. The highest BCUT2D eigenvalue weighted by atomic mass is 32.2. The van der Waals surface area contributed by atoms with E-state index in [-0.39, 0.29) is 12.1 Å². The maximum absolute atomic E-state index is 12.9. The summed E-state index contributed by atoms with van der Waals surface area (Å²) in [5, 5.41) is 3.14. The lowest BCUT2D eigenvalue weighted by molar-refractivity contribution is 0.207. The van der Waals surface area contributed by atoms with Crippen molar-refractivity contribution in [2.75, 3.05) is 23.4 Å². The number of anilines is 1. The maximum Gasteiger partial charge on any atom is 0.322 e. The Balaban J connectivity index is 1.49. The predicted octanol–water partition coefficient (Wildman–Crippen LogP) is 5.84. The smallest absolute Gasteiger partial charge is 0.317 e. The minimum absolute atomic E-state index is 0.0135. The number of hydrogen-bond donors (Lipinski definition) is 1. The van der Waals surface area contributed by atoms with E-state index in [9.17, 15) is 4.79 Å². The molecule has 2 aromatic carbocycles. The number of thioether (sulfide) groups is 2. The molecule has 2 amide bonds. The Morgan fingerprint density at radius 3 is 2.73 bits per heavy atom. The summed E-state index contributed by atoms with van der Waals surface area (Å²) < 4.78 is 0.498. The SMILES string of the molecule is Cc1ccccc1C1CCCN1C(=O)Nc1cccc(C2SCCS2)c1. The second-order valence-corrected chi connectivity index (χ2v) is 9.56. The third kappa shape index (κ3) is 3.74. The van der Waals surface area contributed by atoms with Gasteiger partial charge in [-0.25, -0.2) is 4.79 Å². The van der Waals surface area contributed by atoms with E-state index in [1.165, 1.54) is 28.2 Å². The second-order valence-electron chi connectivity index (χ2n) is 6.84. The van der Waals surface area contributed by atoms with Crippen LogP contribution >= 0.6 is 23.5 Å². The molecule has 26 heavy (non-hydrogen) atoms. The van der Waals surface area contributed by atoms with Gasteiger partial charge in [-0.3, -0.25) is 0 Å². The zero-order valence-corrected chi connectivity index (χ0v) is 16.6. The summed E-state index contributed by atoms with van der Waals surface area (Å²) in [6.45, 7) is 2.95. The van der Waals surface area contributed by atoms with Crippen molar-refractivity contribution in [1.82, 2.24) is 4.90 Å². The van der Waals surface area contributed by atoms with Crippen molar-refractivity contribution in [2.24, 2.45) is 0 Å². The second kappa shape index (κ2) is 7.97. The van der Waals surface area contributed by atoms with Gasteiger partial charge in [-0.05, 0) is 48.6 Å². The fourth-order valence-electron chi connectivity index (χ4n) is 3.80. The molecule has 2 aromatic rings. The van der Waals surface area contributed by atoms with E-state index in [2.05, 4.69) is 48.6 Å². The summed E-state index contributed by atoms with van der Waals surface area (Å²) in [6.07, 6.45) is 2.09. The Kier molecular flexibility index (Phi) is 5.46. The van der Waals surface area contributed by atoms with Crippen LogP contribution in [0.15, 0.2) is 48.5 Å². The third-order valence-corrected chi connectivity index (χ3v) is 8.20. The Bertz CT molecular complexity index is 789. The molecule has 2 heterocycles. The Labute approximate surface area is 163 Å². The molecule has 136 valence electrons. The van der Waals surface area contributed by atoms with E-state index in [0.717, 1.165) is 25.1 Å². The molecule has 2 fully saturated rings. The molecule has 2 saturated heterocycles. The number of benzene rings is 2. The number of rotatable bonds is 3. The largest absolute Gasteiger partial charge is 0.322 e. The first-order valence-electron chi connectivity index (χ1n) is 9.19. The van der Waals surface area contributed by atoms with Crippen molar-refractivity contribution < 1.29 is 4.79 Å². The monoisotopic (exact) mass is 384 g/mol. The van der Waals surface area contributed by atoms with Crippen LogP contribution in [0.1, 0.15) is 40.2 Å². The Hall–Kier alpha value is -1.59. The van der Waals surface area contributed by atoms with Crippen molar-refractivity contribution >= 4 is 35.2 Å². The summed E-state index contributed by atoms with van der Waals surface area (Å²) in [6, 6.07) is 16.9. The standard InChI is InChI=1S/C21H24N2OS2/c1-15-6-2-3-9-18(15)19-10-5-11-23(19)21(24)22-17-8-4-7-16(14-17)20-25-12-13-26-20/h2-4,6-9,14,19-20H,5,10-13H2,1H3,(H,22,24). The molecule has 5 heteroatoms. The zero-order chi connectivity index (χ0) is 17.9. The molecule has 0 radical (unpaired) electrons. The summed E-state index contributed by atoms with van der Waals surface area (Å²) in [7, 11) is 0. The van der Waals surface area contributed by atoms with Gasteiger partial charge >= 0.3 is 6.03 Å². The number of carbonyl (C=O) groups is 1. The lowest BCUT2D eigenvalue weighted by atomic mass is 9.99. The zero-order valence-electron chi connectivity index (χ0n) is 15.0. The van der Waals surface area contributed by atoms with Crippen LogP contribution in [0.5, 0.6) is 0 Å². The van der Waals surface area contributed by atoms with Gasteiger partial charge in [0.2, 0.25) is 0 Å². The van der Waals surface area contributed by atoms with E-state index in [1.54, 1.807) is 0 Å². The number of likely N-dealkylation sites (tertiary alicyclic amines) is 1. The van der Waals surface area contributed by atoms with Crippen LogP contribution in [0.4, 0.5) is 10.5 Å². The molecule has 2 aliphatic rings. The molecule has 3 nitrogen and oxygen atoms in total. The lowest BCUT2D eigenvalue weighted by Crippen LogP contribution is -2.34. The van der Waals surface area contributed by atoms with E-state index in [4.69, 9.17) is 0 Å². The predicted molar refractivity (Wildman–Crippen MR) is 113 cm³/mol. The first-order valence-corrected chi connectivity index (χ1v) is 11.3. The number of aryl methyl sites for hydroxylation is 1. The van der Waals surface area contributed by atoms with Gasteiger partial charge in [0.25, 0.3) is 0 Å². The van der Waals surface area contributed by atoms with Crippen molar-refractivity contribution in [3.63, 3.8) is 0 Å². The van der Waals surface area contributed by atoms with Gasteiger partial charge in [-0.15, -0.1) is 23.5 Å². The summed E-state index contributed by atoms with van der Waals surface area (Å²) in [5.41, 5.74) is 4.73. The quantitative estimate of drug-likeness (QED) is 0.721. The molecule has 1 atom stereocenters. The number of carbonyl (C=O) groups excluding carboxylic acids is 1. The first kappa shape index (κ1) is 17.8. The highest BCUT2D eigenvalue weighted by molar-refractivity contribution is 8.19. The van der Waals surface area contributed by atoms with Gasteiger partial charge in [-0.2, -0.15) is 0 Å². The molecule has 0 bridgehead atoms. The highest BCUT2D eigenvalue weighted by Crippen LogP contribution is 2.45.